The number of hydrogen-bond donors (Lipinski definition) is 2. The minimum Gasteiger partial charge on any atom is -0.370 e. The zero-order valence-electron chi connectivity index (χ0n) is 11.8. The molecule has 2 aromatic rings. The minimum absolute atomic E-state index is 0.230. The Morgan fingerprint density at radius 2 is 1.76 bits per heavy atom. The van der Waals surface area contributed by atoms with Gasteiger partial charge in [0.1, 0.15) is 5.82 Å². The predicted molar refractivity (Wildman–Crippen MR) is 81.0 cm³/mol. The van der Waals surface area contributed by atoms with E-state index in [1.165, 1.54) is 12.1 Å². The first kappa shape index (κ1) is 15.0. The first-order valence-electron chi connectivity index (χ1n) is 6.63. The summed E-state index contributed by atoms with van der Waals surface area (Å²) in [5.41, 5.74) is 5.01. The second kappa shape index (κ2) is 6.85. The lowest BCUT2D eigenvalue weighted by Crippen LogP contribution is -2.31. The van der Waals surface area contributed by atoms with Crippen LogP contribution in [-0.2, 0) is 17.8 Å². The van der Waals surface area contributed by atoms with Crippen LogP contribution in [0.2, 0.25) is 0 Å². The molecular formula is C16H18FN3O. The average molecular weight is 287 g/mol. The lowest BCUT2D eigenvalue weighted by Gasteiger charge is -2.21. The molecule has 0 bridgehead atoms. The maximum atomic E-state index is 12.9. The van der Waals surface area contributed by atoms with E-state index in [1.54, 1.807) is 12.1 Å². The number of hydrogen-bond acceptors (Lipinski definition) is 3. The Hall–Kier alpha value is -2.40. The van der Waals surface area contributed by atoms with Crippen LogP contribution in [0.4, 0.5) is 10.1 Å². The number of halogens is 1. The highest BCUT2D eigenvalue weighted by Gasteiger charge is 2.09. The Bertz CT molecular complexity index is 613. The van der Waals surface area contributed by atoms with Crippen LogP contribution in [0.1, 0.15) is 11.1 Å². The SMILES string of the molecule is CN(Cc1ccccc1CC(=O)NN)c1ccc(F)cc1. The highest BCUT2D eigenvalue weighted by atomic mass is 19.1. The van der Waals surface area contributed by atoms with E-state index in [-0.39, 0.29) is 18.1 Å². The molecule has 2 rings (SSSR count). The molecule has 0 atom stereocenters. The van der Waals surface area contributed by atoms with Crippen molar-refractivity contribution in [1.29, 1.82) is 0 Å². The number of nitrogens with one attached hydrogen (secondary N) is 1. The standard InChI is InChI=1S/C16H18FN3O/c1-20(15-8-6-14(17)7-9-15)11-13-5-3-2-4-12(13)10-16(21)19-18/h2-9H,10-11,18H2,1H3,(H,19,21). The third-order valence-corrected chi connectivity index (χ3v) is 3.31. The summed E-state index contributed by atoms with van der Waals surface area (Å²) in [6.07, 6.45) is 0.240. The van der Waals surface area contributed by atoms with E-state index >= 15 is 0 Å². The number of amides is 1. The molecule has 0 aromatic heterocycles. The number of nitrogens with two attached hydrogens (primary N) is 1. The van der Waals surface area contributed by atoms with Crippen LogP contribution >= 0.6 is 0 Å². The van der Waals surface area contributed by atoms with Gasteiger partial charge >= 0.3 is 0 Å². The summed E-state index contributed by atoms with van der Waals surface area (Å²) in [6, 6.07) is 14.0. The molecule has 0 saturated heterocycles. The topological polar surface area (TPSA) is 58.4 Å². The lowest BCUT2D eigenvalue weighted by atomic mass is 10.0. The van der Waals surface area contributed by atoms with Crippen molar-refractivity contribution in [3.63, 3.8) is 0 Å². The van der Waals surface area contributed by atoms with Gasteiger partial charge in [0.25, 0.3) is 0 Å². The number of rotatable bonds is 5. The maximum Gasteiger partial charge on any atom is 0.238 e. The largest absolute Gasteiger partial charge is 0.370 e. The Morgan fingerprint density at radius 3 is 2.38 bits per heavy atom. The number of carbonyl (C=O) groups is 1. The second-order valence-electron chi connectivity index (χ2n) is 4.85. The first-order chi connectivity index (χ1) is 10.1. The normalized spacial score (nSPS) is 10.2. The molecule has 4 nitrogen and oxygen atoms in total. The number of hydrazine groups is 1. The van der Waals surface area contributed by atoms with Gasteiger partial charge in [-0.05, 0) is 35.4 Å². The van der Waals surface area contributed by atoms with Crippen molar-refractivity contribution in [1.82, 2.24) is 5.43 Å². The highest BCUT2D eigenvalue weighted by Crippen LogP contribution is 2.18. The van der Waals surface area contributed by atoms with Gasteiger partial charge in [-0.3, -0.25) is 10.2 Å². The molecule has 0 aliphatic heterocycles. The van der Waals surface area contributed by atoms with Gasteiger partial charge < -0.3 is 4.90 Å². The average Bonchev–Trinajstić information content (AvgIpc) is 2.49. The summed E-state index contributed by atoms with van der Waals surface area (Å²) in [5.74, 6) is 4.64. The minimum atomic E-state index is -0.257. The molecule has 2 aromatic carbocycles. The van der Waals surface area contributed by atoms with Crippen LogP contribution in [0.3, 0.4) is 0 Å². The van der Waals surface area contributed by atoms with Crippen LogP contribution in [-0.4, -0.2) is 13.0 Å². The number of anilines is 1. The van der Waals surface area contributed by atoms with Crippen molar-refractivity contribution in [2.45, 2.75) is 13.0 Å². The smallest absolute Gasteiger partial charge is 0.238 e. The Kier molecular flexibility index (Phi) is 4.90. The maximum absolute atomic E-state index is 12.9. The second-order valence-corrected chi connectivity index (χ2v) is 4.85. The molecule has 0 heterocycles. The molecule has 1 amide bonds. The molecule has 0 spiro atoms. The molecule has 0 aliphatic rings. The molecule has 21 heavy (non-hydrogen) atoms. The highest BCUT2D eigenvalue weighted by molar-refractivity contribution is 5.78. The van der Waals surface area contributed by atoms with E-state index in [2.05, 4.69) is 5.43 Å². The Morgan fingerprint density at radius 1 is 1.14 bits per heavy atom. The number of nitrogens with zero attached hydrogens (tertiary/aromatic N) is 1. The lowest BCUT2D eigenvalue weighted by molar-refractivity contribution is -0.120. The number of carbonyl (C=O) groups excluding carboxylic acids is 1. The summed E-state index contributed by atoms with van der Waals surface area (Å²) in [5, 5.41) is 0. The van der Waals surface area contributed by atoms with E-state index in [4.69, 9.17) is 5.84 Å². The third kappa shape index (κ3) is 4.03. The predicted octanol–water partition coefficient (Wildman–Crippen LogP) is 1.99. The van der Waals surface area contributed by atoms with Gasteiger partial charge in [0.05, 0.1) is 6.42 Å². The zero-order chi connectivity index (χ0) is 15.2. The molecule has 3 N–H and O–H groups in total. The van der Waals surface area contributed by atoms with E-state index in [1.807, 2.05) is 36.2 Å². The Labute approximate surface area is 123 Å². The van der Waals surface area contributed by atoms with Gasteiger partial charge in [0.2, 0.25) is 5.91 Å². The molecule has 5 heteroatoms. The summed E-state index contributed by atoms with van der Waals surface area (Å²) < 4.78 is 12.9. The molecule has 0 aliphatic carbocycles. The fourth-order valence-corrected chi connectivity index (χ4v) is 2.15. The van der Waals surface area contributed by atoms with Gasteiger partial charge in [0, 0.05) is 19.3 Å². The van der Waals surface area contributed by atoms with Crippen LogP contribution in [0.5, 0.6) is 0 Å². The molecule has 0 unspecified atom stereocenters. The molecule has 0 saturated carbocycles. The van der Waals surface area contributed by atoms with Gasteiger partial charge in [-0.2, -0.15) is 0 Å². The Balaban J connectivity index is 2.15. The van der Waals surface area contributed by atoms with E-state index < -0.39 is 0 Å². The molecular weight excluding hydrogens is 269 g/mol. The van der Waals surface area contributed by atoms with Gasteiger partial charge in [-0.1, -0.05) is 24.3 Å². The fraction of sp³-hybridized carbons (Fsp3) is 0.188. The van der Waals surface area contributed by atoms with E-state index in [9.17, 15) is 9.18 Å². The zero-order valence-corrected chi connectivity index (χ0v) is 11.8. The summed E-state index contributed by atoms with van der Waals surface area (Å²) in [4.78, 5) is 13.4. The quantitative estimate of drug-likeness (QED) is 0.502. The van der Waals surface area contributed by atoms with Crippen molar-refractivity contribution in [2.75, 3.05) is 11.9 Å². The van der Waals surface area contributed by atoms with Crippen molar-refractivity contribution < 1.29 is 9.18 Å². The van der Waals surface area contributed by atoms with Crippen LogP contribution in [0, 0.1) is 5.82 Å². The van der Waals surface area contributed by atoms with E-state index in [0.29, 0.717) is 6.54 Å². The summed E-state index contributed by atoms with van der Waals surface area (Å²) in [7, 11) is 1.92. The summed E-state index contributed by atoms with van der Waals surface area (Å²) >= 11 is 0. The molecule has 0 fully saturated rings. The van der Waals surface area contributed by atoms with Crippen molar-refractivity contribution in [2.24, 2.45) is 5.84 Å². The fourth-order valence-electron chi connectivity index (χ4n) is 2.15. The van der Waals surface area contributed by atoms with Gasteiger partial charge in [-0.25, -0.2) is 10.2 Å². The van der Waals surface area contributed by atoms with Crippen LogP contribution < -0.4 is 16.2 Å². The van der Waals surface area contributed by atoms with Crippen LogP contribution in [0.25, 0.3) is 0 Å². The van der Waals surface area contributed by atoms with Gasteiger partial charge in [-0.15, -0.1) is 0 Å². The van der Waals surface area contributed by atoms with E-state index in [0.717, 1.165) is 16.8 Å². The third-order valence-electron chi connectivity index (χ3n) is 3.31. The van der Waals surface area contributed by atoms with Crippen molar-refractivity contribution >= 4 is 11.6 Å². The monoisotopic (exact) mass is 287 g/mol. The van der Waals surface area contributed by atoms with Crippen LogP contribution in [0.15, 0.2) is 48.5 Å². The summed E-state index contributed by atoms with van der Waals surface area (Å²) in [6.45, 7) is 0.625. The molecule has 110 valence electrons. The van der Waals surface area contributed by atoms with Gasteiger partial charge in [0.15, 0.2) is 0 Å². The molecule has 0 radical (unpaired) electrons. The van der Waals surface area contributed by atoms with Crippen molar-refractivity contribution in [3.8, 4) is 0 Å². The van der Waals surface area contributed by atoms with Crippen molar-refractivity contribution in [3.05, 3.63) is 65.5 Å². The number of benzene rings is 2. The first-order valence-corrected chi connectivity index (χ1v) is 6.63.